The Morgan fingerprint density at radius 1 is 1.23 bits per heavy atom. The second kappa shape index (κ2) is 9.05. The Morgan fingerprint density at radius 3 is 2.61 bits per heavy atom. The number of rotatable bonds is 7. The van der Waals surface area contributed by atoms with Crippen LogP contribution in [0.25, 0.3) is 0 Å². The lowest BCUT2D eigenvalue weighted by Gasteiger charge is -2.49. The molecule has 0 saturated carbocycles. The van der Waals surface area contributed by atoms with Crippen LogP contribution >= 0.6 is 0 Å². The summed E-state index contributed by atoms with van der Waals surface area (Å²) in [6.45, 7) is 12.9. The molecule has 1 spiro atoms. The van der Waals surface area contributed by atoms with E-state index in [0.717, 1.165) is 24.8 Å². The molecule has 0 N–H and O–H groups in total. The lowest BCUT2D eigenvalue weighted by Crippen LogP contribution is -2.53. The molecule has 3 aliphatic rings. The molecule has 2 fully saturated rings. The van der Waals surface area contributed by atoms with Gasteiger partial charge in [-0.15, -0.1) is 0 Å². The number of allylic oxidation sites excluding steroid dienone is 4. The molecule has 0 amide bonds. The first-order chi connectivity index (χ1) is 14.5. The van der Waals surface area contributed by atoms with Gasteiger partial charge in [-0.1, -0.05) is 30.2 Å². The van der Waals surface area contributed by atoms with Gasteiger partial charge in [0.2, 0.25) is 0 Å². The molecule has 2 heterocycles. The maximum atomic E-state index is 12.1. The van der Waals surface area contributed by atoms with Gasteiger partial charge in [-0.2, -0.15) is 0 Å². The number of methoxy groups -OCH3 is 1. The van der Waals surface area contributed by atoms with Crippen molar-refractivity contribution in [3.8, 4) is 0 Å². The van der Waals surface area contributed by atoms with E-state index in [1.165, 1.54) is 17.2 Å². The fourth-order valence-corrected chi connectivity index (χ4v) is 5.30. The molecule has 2 saturated heterocycles. The quantitative estimate of drug-likeness (QED) is 0.227. The SMILES string of the molecule is CO[C@@]1(C)C[C@@H]2OCC3=CC[C@](C)(CCC=C(C)C)[C@@H](/C=C/OC(=O)C=C(C)C)[C@@]32O1. The zero-order chi connectivity index (χ0) is 22.9. The van der Waals surface area contributed by atoms with E-state index in [9.17, 15) is 4.79 Å². The molecule has 5 atom stereocenters. The third kappa shape index (κ3) is 4.74. The Kier molecular flexibility index (Phi) is 6.99. The fourth-order valence-electron chi connectivity index (χ4n) is 5.30. The van der Waals surface area contributed by atoms with E-state index in [-0.39, 0.29) is 23.4 Å². The molecule has 0 aromatic rings. The van der Waals surface area contributed by atoms with E-state index in [1.807, 2.05) is 26.8 Å². The highest BCUT2D eigenvalue weighted by atomic mass is 16.7. The zero-order valence-corrected chi connectivity index (χ0v) is 20.1. The predicted molar refractivity (Wildman–Crippen MR) is 121 cm³/mol. The molecule has 5 heteroatoms. The van der Waals surface area contributed by atoms with Crippen molar-refractivity contribution in [2.75, 3.05) is 13.7 Å². The number of carbonyl (C=O) groups is 1. The Hall–Kier alpha value is -1.69. The summed E-state index contributed by atoms with van der Waals surface area (Å²) in [6, 6.07) is 0. The van der Waals surface area contributed by atoms with Crippen LogP contribution in [0.4, 0.5) is 0 Å². The minimum absolute atomic E-state index is 0.00506. The van der Waals surface area contributed by atoms with E-state index in [4.69, 9.17) is 18.9 Å². The lowest BCUT2D eigenvalue weighted by atomic mass is 9.58. The molecule has 3 rings (SSSR count). The monoisotopic (exact) mass is 430 g/mol. The standard InChI is InChI=1S/C26H38O5/c1-18(2)9-8-12-24(5)13-10-20-17-30-22-16-25(6,28-7)31-26(20,22)21(24)11-14-29-23(27)15-19(3)4/h9-11,14-15,21-22H,8,12-13,16-17H2,1-7H3/b14-11+/t21-,22+,24+,25-,26+/m1/s1. The van der Waals surface area contributed by atoms with Crippen LogP contribution in [-0.2, 0) is 23.7 Å². The number of esters is 1. The first kappa shape index (κ1) is 24.0. The second-order valence-corrected chi connectivity index (χ2v) is 10.1. The van der Waals surface area contributed by atoms with Crippen LogP contribution in [0.1, 0.15) is 67.2 Å². The van der Waals surface area contributed by atoms with Crippen LogP contribution in [0.15, 0.2) is 47.3 Å². The molecular weight excluding hydrogens is 392 g/mol. The minimum Gasteiger partial charge on any atom is -0.432 e. The maximum Gasteiger partial charge on any atom is 0.335 e. The summed E-state index contributed by atoms with van der Waals surface area (Å²) >= 11 is 0. The first-order valence-corrected chi connectivity index (χ1v) is 11.3. The molecule has 5 nitrogen and oxygen atoms in total. The van der Waals surface area contributed by atoms with Gasteiger partial charge >= 0.3 is 5.97 Å². The third-order valence-corrected chi connectivity index (χ3v) is 6.95. The number of ether oxygens (including phenoxy) is 4. The van der Waals surface area contributed by atoms with Crippen molar-refractivity contribution in [2.24, 2.45) is 11.3 Å². The first-order valence-electron chi connectivity index (χ1n) is 11.3. The van der Waals surface area contributed by atoms with Crippen LogP contribution in [0.3, 0.4) is 0 Å². The fraction of sp³-hybridized carbons (Fsp3) is 0.654. The van der Waals surface area contributed by atoms with Crippen molar-refractivity contribution in [3.05, 3.63) is 47.3 Å². The smallest absolute Gasteiger partial charge is 0.335 e. The van der Waals surface area contributed by atoms with Crippen molar-refractivity contribution >= 4 is 5.97 Å². The van der Waals surface area contributed by atoms with Crippen LogP contribution in [0, 0.1) is 11.3 Å². The molecule has 0 unspecified atom stereocenters. The Bertz CT molecular complexity index is 814. The van der Waals surface area contributed by atoms with Crippen LogP contribution in [-0.4, -0.2) is 37.2 Å². The van der Waals surface area contributed by atoms with Gasteiger partial charge in [0.05, 0.1) is 19.0 Å². The Morgan fingerprint density at radius 2 is 1.97 bits per heavy atom. The van der Waals surface area contributed by atoms with E-state index in [0.29, 0.717) is 13.0 Å². The van der Waals surface area contributed by atoms with Crippen molar-refractivity contribution in [2.45, 2.75) is 84.7 Å². The second-order valence-electron chi connectivity index (χ2n) is 10.1. The summed E-state index contributed by atoms with van der Waals surface area (Å²) in [5.74, 6) is -1.07. The number of hydrogen-bond acceptors (Lipinski definition) is 5. The van der Waals surface area contributed by atoms with Gasteiger partial charge in [-0.3, -0.25) is 0 Å². The summed E-state index contributed by atoms with van der Waals surface area (Å²) in [5, 5.41) is 0. The van der Waals surface area contributed by atoms with Crippen LogP contribution < -0.4 is 0 Å². The van der Waals surface area contributed by atoms with Crippen LogP contribution in [0.2, 0.25) is 0 Å². The lowest BCUT2D eigenvalue weighted by molar-refractivity contribution is -0.236. The van der Waals surface area contributed by atoms with Gasteiger partial charge in [0.1, 0.15) is 5.60 Å². The summed E-state index contributed by atoms with van der Waals surface area (Å²) < 4.78 is 24.1. The van der Waals surface area contributed by atoms with E-state index in [1.54, 1.807) is 13.4 Å². The van der Waals surface area contributed by atoms with Gasteiger partial charge in [-0.25, -0.2) is 4.79 Å². The summed E-state index contributed by atoms with van der Waals surface area (Å²) in [6.07, 6.45) is 13.2. The van der Waals surface area contributed by atoms with Gasteiger partial charge in [0.15, 0.2) is 5.79 Å². The molecule has 31 heavy (non-hydrogen) atoms. The molecule has 0 radical (unpaired) electrons. The van der Waals surface area contributed by atoms with Gasteiger partial charge in [0, 0.05) is 25.5 Å². The maximum absolute atomic E-state index is 12.1. The largest absolute Gasteiger partial charge is 0.432 e. The number of carbonyl (C=O) groups excluding carboxylic acids is 1. The molecule has 0 aromatic carbocycles. The number of hydrogen-bond donors (Lipinski definition) is 0. The molecule has 0 aromatic heterocycles. The zero-order valence-electron chi connectivity index (χ0n) is 20.1. The highest BCUT2D eigenvalue weighted by molar-refractivity contribution is 5.83. The van der Waals surface area contributed by atoms with Crippen LogP contribution in [0.5, 0.6) is 0 Å². The van der Waals surface area contributed by atoms with E-state index < -0.39 is 11.4 Å². The summed E-state index contributed by atoms with van der Waals surface area (Å²) in [5.41, 5.74) is 2.75. The minimum atomic E-state index is -0.701. The highest BCUT2D eigenvalue weighted by Crippen LogP contribution is 2.61. The van der Waals surface area contributed by atoms with Crippen molar-refractivity contribution in [1.82, 2.24) is 0 Å². The molecule has 172 valence electrons. The average Bonchev–Trinajstić information content (AvgIpc) is 3.14. The third-order valence-electron chi connectivity index (χ3n) is 6.95. The Labute approximate surface area is 187 Å². The van der Waals surface area contributed by atoms with E-state index in [2.05, 4.69) is 32.9 Å². The predicted octanol–water partition coefficient (Wildman–Crippen LogP) is 5.63. The summed E-state index contributed by atoms with van der Waals surface area (Å²) in [4.78, 5) is 12.1. The average molecular weight is 431 g/mol. The topological polar surface area (TPSA) is 54.0 Å². The van der Waals surface area contributed by atoms with Gasteiger partial charge in [0.25, 0.3) is 0 Å². The van der Waals surface area contributed by atoms with Crippen molar-refractivity contribution in [1.29, 1.82) is 0 Å². The van der Waals surface area contributed by atoms with Gasteiger partial charge in [-0.05, 0) is 70.9 Å². The highest BCUT2D eigenvalue weighted by Gasteiger charge is 2.67. The summed E-state index contributed by atoms with van der Waals surface area (Å²) in [7, 11) is 1.68. The van der Waals surface area contributed by atoms with Crippen molar-refractivity contribution in [3.63, 3.8) is 0 Å². The molecule has 2 aliphatic heterocycles. The van der Waals surface area contributed by atoms with Crippen molar-refractivity contribution < 1.29 is 23.7 Å². The Balaban J connectivity index is 1.97. The normalized spacial score (nSPS) is 36.5. The van der Waals surface area contributed by atoms with Gasteiger partial charge < -0.3 is 18.9 Å². The molecule has 0 bridgehead atoms. The van der Waals surface area contributed by atoms with E-state index >= 15 is 0 Å². The molecular formula is C26H38O5. The molecule has 1 aliphatic carbocycles.